The molecule has 2 unspecified atom stereocenters. The maximum absolute atomic E-state index is 12.0. The molecule has 1 rings (SSSR count). The third-order valence-electron chi connectivity index (χ3n) is 4.75. The van der Waals surface area contributed by atoms with E-state index in [4.69, 9.17) is 10.5 Å². The third kappa shape index (κ3) is 11.8. The molecule has 0 aromatic carbocycles. The van der Waals surface area contributed by atoms with E-state index in [0.717, 1.165) is 6.08 Å². The van der Waals surface area contributed by atoms with E-state index in [0.29, 0.717) is 32.1 Å². The molecular weight excluding hydrogens is 412 g/mol. The summed E-state index contributed by atoms with van der Waals surface area (Å²) in [7, 11) is 0. The van der Waals surface area contributed by atoms with Crippen LogP contribution in [-0.4, -0.2) is 65.1 Å². The molecule has 10 heteroatoms. The Morgan fingerprint density at radius 3 is 2.20 bits per heavy atom. The first-order valence-corrected chi connectivity index (χ1v) is 11.4. The summed E-state index contributed by atoms with van der Waals surface area (Å²) in [5.41, 5.74) is 4.04. The zero-order valence-corrected chi connectivity index (χ0v) is 19.4. The monoisotopic (exact) mass is 449 g/mol. The quantitative estimate of drug-likeness (QED) is 0.208. The number of nitrogens with two attached hydrogens (primary N) is 1. The SMILES string of the molecule is CC1(C)CC(OC(=O)CCCCC(O)/C=C/C(N)=O)CC(C)(C)N1O.CCS(=O)[O-]. The predicted octanol–water partition coefficient (Wildman–Crippen LogP) is 1.79. The van der Waals surface area contributed by atoms with Gasteiger partial charge in [-0.1, -0.05) is 24.1 Å². The Labute approximate surface area is 181 Å². The predicted molar refractivity (Wildman–Crippen MR) is 113 cm³/mol. The molecule has 0 bridgehead atoms. The Morgan fingerprint density at radius 2 is 1.77 bits per heavy atom. The average Bonchev–Trinajstić information content (AvgIpc) is 2.61. The highest BCUT2D eigenvalue weighted by atomic mass is 32.2. The van der Waals surface area contributed by atoms with E-state index in [-0.39, 0.29) is 24.2 Å². The Kier molecular flexibility index (Phi) is 12.6. The second kappa shape index (κ2) is 13.2. The zero-order chi connectivity index (χ0) is 23.5. The lowest BCUT2D eigenvalue weighted by molar-refractivity contribution is -0.259. The van der Waals surface area contributed by atoms with Crippen molar-refractivity contribution in [3.8, 4) is 0 Å². The summed E-state index contributed by atoms with van der Waals surface area (Å²) in [6.45, 7) is 9.29. The van der Waals surface area contributed by atoms with Gasteiger partial charge in [0.25, 0.3) is 0 Å². The van der Waals surface area contributed by atoms with Crippen LogP contribution < -0.4 is 5.73 Å². The largest absolute Gasteiger partial charge is 0.772 e. The molecule has 0 spiro atoms. The molecule has 1 saturated heterocycles. The summed E-state index contributed by atoms with van der Waals surface area (Å²) in [5, 5.41) is 21.2. The molecule has 2 atom stereocenters. The molecule has 176 valence electrons. The lowest BCUT2D eigenvalue weighted by Gasteiger charge is -2.50. The van der Waals surface area contributed by atoms with E-state index in [1.54, 1.807) is 6.92 Å². The second-order valence-electron chi connectivity index (χ2n) is 8.62. The number of nitrogens with zero attached hydrogens (tertiary/aromatic N) is 1. The molecule has 1 fully saturated rings. The summed E-state index contributed by atoms with van der Waals surface area (Å²) in [4.78, 5) is 22.6. The Balaban J connectivity index is 0.00000150. The van der Waals surface area contributed by atoms with Crippen LogP contribution in [0.2, 0.25) is 0 Å². The van der Waals surface area contributed by atoms with Crippen LogP contribution in [0.5, 0.6) is 0 Å². The number of aliphatic hydroxyl groups excluding tert-OH is 1. The fourth-order valence-electron chi connectivity index (χ4n) is 3.43. The van der Waals surface area contributed by atoms with Gasteiger partial charge < -0.3 is 25.3 Å². The first kappa shape index (κ1) is 28.7. The van der Waals surface area contributed by atoms with Gasteiger partial charge in [0.05, 0.1) is 6.10 Å². The van der Waals surface area contributed by atoms with E-state index in [1.807, 2.05) is 27.7 Å². The first-order chi connectivity index (χ1) is 13.7. The molecule has 1 heterocycles. The number of carbonyl (C=O) groups is 2. The topological polar surface area (TPSA) is 153 Å². The highest BCUT2D eigenvalue weighted by Crippen LogP contribution is 2.38. The number of piperidine rings is 1. The second-order valence-corrected chi connectivity index (χ2v) is 9.81. The first-order valence-electron chi connectivity index (χ1n) is 10.1. The zero-order valence-electron chi connectivity index (χ0n) is 18.6. The smallest absolute Gasteiger partial charge is 0.306 e. The van der Waals surface area contributed by atoms with Gasteiger partial charge >= 0.3 is 5.97 Å². The van der Waals surface area contributed by atoms with Gasteiger partial charge in [0.2, 0.25) is 5.91 Å². The van der Waals surface area contributed by atoms with Crippen molar-refractivity contribution in [2.45, 2.75) is 96.4 Å². The summed E-state index contributed by atoms with van der Waals surface area (Å²) in [6, 6.07) is 0. The molecule has 9 nitrogen and oxygen atoms in total. The van der Waals surface area contributed by atoms with Gasteiger partial charge in [-0.15, -0.1) is 0 Å². The van der Waals surface area contributed by atoms with Crippen LogP contribution in [0.15, 0.2) is 12.2 Å². The molecule has 30 heavy (non-hydrogen) atoms. The minimum atomic E-state index is -1.82. The van der Waals surface area contributed by atoms with Crippen LogP contribution in [0.1, 0.15) is 73.1 Å². The van der Waals surface area contributed by atoms with Crippen LogP contribution in [0.4, 0.5) is 0 Å². The number of hydrogen-bond donors (Lipinski definition) is 3. The molecule has 0 radical (unpaired) electrons. The Hall–Kier alpha value is -1.33. The molecule has 1 aliphatic rings. The van der Waals surface area contributed by atoms with Gasteiger partial charge in [0.1, 0.15) is 6.10 Å². The van der Waals surface area contributed by atoms with E-state index >= 15 is 0 Å². The van der Waals surface area contributed by atoms with Crippen LogP contribution in [0, 0.1) is 0 Å². The molecule has 1 aliphatic heterocycles. The van der Waals surface area contributed by atoms with Crippen molar-refractivity contribution >= 4 is 23.0 Å². The van der Waals surface area contributed by atoms with Crippen LogP contribution in [0.25, 0.3) is 0 Å². The molecule has 0 aromatic heterocycles. The number of primary amides is 1. The van der Waals surface area contributed by atoms with Gasteiger partial charge in [-0.05, 0) is 47.0 Å². The van der Waals surface area contributed by atoms with Crippen molar-refractivity contribution in [3.05, 3.63) is 12.2 Å². The number of ether oxygens (including phenoxy) is 1. The van der Waals surface area contributed by atoms with E-state index in [2.05, 4.69) is 0 Å². The van der Waals surface area contributed by atoms with E-state index < -0.39 is 34.2 Å². The minimum absolute atomic E-state index is 0.218. The number of hydrogen-bond acceptors (Lipinski definition) is 8. The van der Waals surface area contributed by atoms with Crippen molar-refractivity contribution in [1.82, 2.24) is 5.06 Å². The highest BCUT2D eigenvalue weighted by molar-refractivity contribution is 7.79. The Bertz CT molecular complexity index is 590. The maximum Gasteiger partial charge on any atom is 0.306 e. The van der Waals surface area contributed by atoms with Gasteiger partial charge in [0, 0.05) is 42.2 Å². The van der Waals surface area contributed by atoms with Crippen LogP contribution in [0.3, 0.4) is 0 Å². The van der Waals surface area contributed by atoms with Crippen molar-refractivity contribution < 1.29 is 33.4 Å². The number of aliphatic hydroxyl groups is 1. The van der Waals surface area contributed by atoms with Gasteiger partial charge in [-0.3, -0.25) is 13.8 Å². The standard InChI is InChI=1S/C18H32N2O5.C2H6O2S/c1-17(2)11-14(12-18(3,4)20(17)24)25-16(23)8-6-5-7-13(21)9-10-15(19)22;1-2-5(3)4/h9-10,13-14,21,24H,5-8,11-12H2,1-4H3,(H2,19,22);2H2,1H3,(H,3,4)/p-1/b10-9+;. The normalized spacial score (nSPS) is 20.8. The Morgan fingerprint density at radius 1 is 1.27 bits per heavy atom. The third-order valence-corrected chi connectivity index (χ3v) is 5.22. The number of carbonyl (C=O) groups excluding carboxylic acids is 2. The summed E-state index contributed by atoms with van der Waals surface area (Å²) in [5.74, 6) is -0.632. The summed E-state index contributed by atoms with van der Waals surface area (Å²) >= 11 is -1.82. The van der Waals surface area contributed by atoms with Crippen LogP contribution >= 0.6 is 0 Å². The van der Waals surface area contributed by atoms with Gasteiger partial charge in [0.15, 0.2) is 0 Å². The molecule has 0 aliphatic carbocycles. The van der Waals surface area contributed by atoms with Gasteiger partial charge in [-0.2, -0.15) is 5.06 Å². The number of amides is 1. The molecule has 4 N–H and O–H groups in total. The highest BCUT2D eigenvalue weighted by Gasteiger charge is 2.46. The van der Waals surface area contributed by atoms with Crippen molar-refractivity contribution in [2.75, 3.05) is 5.75 Å². The number of unbranched alkanes of at least 4 members (excludes halogenated alkanes) is 1. The maximum atomic E-state index is 12.0. The van der Waals surface area contributed by atoms with Crippen molar-refractivity contribution in [3.63, 3.8) is 0 Å². The average molecular weight is 450 g/mol. The van der Waals surface area contributed by atoms with E-state index in [9.17, 15) is 28.7 Å². The number of rotatable bonds is 9. The minimum Gasteiger partial charge on any atom is -0.772 e. The number of esters is 1. The van der Waals surface area contributed by atoms with E-state index in [1.165, 1.54) is 11.1 Å². The molecule has 1 amide bonds. The molecule has 0 saturated carbocycles. The lowest BCUT2D eigenvalue weighted by atomic mass is 9.80. The lowest BCUT2D eigenvalue weighted by Crippen LogP contribution is -2.60. The van der Waals surface area contributed by atoms with Crippen LogP contribution in [-0.2, 0) is 25.4 Å². The summed E-state index contributed by atoms with van der Waals surface area (Å²) < 4.78 is 24.3. The fraction of sp³-hybridized carbons (Fsp3) is 0.800. The fourth-order valence-corrected chi connectivity index (χ4v) is 3.43. The molecular formula is C20H37N2O7S-. The number of hydroxylamine groups is 2. The molecule has 0 aromatic rings. The van der Waals surface area contributed by atoms with Crippen molar-refractivity contribution in [1.29, 1.82) is 0 Å². The van der Waals surface area contributed by atoms with Crippen molar-refractivity contribution in [2.24, 2.45) is 5.73 Å². The summed E-state index contributed by atoms with van der Waals surface area (Å²) in [6.07, 6.45) is 4.68. The van der Waals surface area contributed by atoms with Gasteiger partial charge in [-0.25, -0.2) is 0 Å².